The Kier molecular flexibility index (Phi) is 7.28. The lowest BCUT2D eigenvalue weighted by Crippen LogP contribution is -2.35. The fourth-order valence-corrected chi connectivity index (χ4v) is 2.19. The molecule has 1 aromatic heterocycles. The number of anilines is 2. The highest BCUT2D eigenvalue weighted by atomic mass is 79.9. The van der Waals surface area contributed by atoms with Crippen LogP contribution in [0.15, 0.2) is 10.8 Å². The van der Waals surface area contributed by atoms with Gasteiger partial charge in [0.1, 0.15) is 22.4 Å². The van der Waals surface area contributed by atoms with E-state index in [0.29, 0.717) is 18.9 Å². The van der Waals surface area contributed by atoms with Crippen molar-refractivity contribution < 1.29 is 4.79 Å². The van der Waals surface area contributed by atoms with E-state index in [-0.39, 0.29) is 12.5 Å². The first-order valence-electron chi connectivity index (χ1n) is 6.89. The molecule has 0 unspecified atom stereocenters. The Morgan fingerprint density at radius 3 is 2.35 bits per heavy atom. The molecule has 0 aromatic carbocycles. The molecule has 0 aliphatic heterocycles. The molecule has 20 heavy (non-hydrogen) atoms. The molecule has 1 amide bonds. The van der Waals surface area contributed by atoms with Crippen LogP contribution in [-0.2, 0) is 4.79 Å². The smallest absolute Gasteiger partial charge is 0.241 e. The lowest BCUT2D eigenvalue weighted by Gasteiger charge is -2.19. The summed E-state index contributed by atoms with van der Waals surface area (Å²) in [4.78, 5) is 22.0. The zero-order valence-corrected chi connectivity index (χ0v) is 13.8. The minimum Gasteiger partial charge on any atom is -0.369 e. The third-order valence-electron chi connectivity index (χ3n) is 2.86. The monoisotopic (exact) mass is 343 g/mol. The van der Waals surface area contributed by atoms with Crippen molar-refractivity contribution in [3.05, 3.63) is 10.8 Å². The molecule has 0 aliphatic carbocycles. The molecule has 0 radical (unpaired) electrons. The third kappa shape index (κ3) is 4.63. The molecule has 6 nitrogen and oxygen atoms in total. The van der Waals surface area contributed by atoms with Crippen LogP contribution in [0.1, 0.15) is 27.2 Å². The summed E-state index contributed by atoms with van der Waals surface area (Å²) >= 11 is 3.46. The van der Waals surface area contributed by atoms with Gasteiger partial charge in [0.2, 0.25) is 5.91 Å². The SMILES string of the molecule is CCCNc1ncnc(NCC(=O)N(CC)CC)c1Br. The van der Waals surface area contributed by atoms with Crippen LogP contribution >= 0.6 is 15.9 Å². The van der Waals surface area contributed by atoms with Gasteiger partial charge in [-0.05, 0) is 36.2 Å². The van der Waals surface area contributed by atoms with Crippen molar-refractivity contribution in [2.45, 2.75) is 27.2 Å². The highest BCUT2D eigenvalue weighted by Crippen LogP contribution is 2.26. The lowest BCUT2D eigenvalue weighted by molar-refractivity contribution is -0.128. The second-order valence-corrected chi connectivity index (χ2v) is 5.02. The molecular formula is C13H22BrN5O. The van der Waals surface area contributed by atoms with Gasteiger partial charge in [-0.25, -0.2) is 9.97 Å². The van der Waals surface area contributed by atoms with E-state index in [1.54, 1.807) is 4.90 Å². The van der Waals surface area contributed by atoms with Gasteiger partial charge in [-0.15, -0.1) is 0 Å². The van der Waals surface area contributed by atoms with E-state index in [4.69, 9.17) is 0 Å². The first-order chi connectivity index (χ1) is 9.63. The number of nitrogens with zero attached hydrogens (tertiary/aromatic N) is 3. The van der Waals surface area contributed by atoms with E-state index in [0.717, 1.165) is 23.3 Å². The second kappa shape index (κ2) is 8.73. The number of amides is 1. The van der Waals surface area contributed by atoms with Crippen molar-refractivity contribution in [1.29, 1.82) is 0 Å². The average Bonchev–Trinajstić information content (AvgIpc) is 2.46. The van der Waals surface area contributed by atoms with Gasteiger partial charge in [-0.3, -0.25) is 4.79 Å². The fourth-order valence-electron chi connectivity index (χ4n) is 1.71. The van der Waals surface area contributed by atoms with Gasteiger partial charge >= 0.3 is 0 Å². The summed E-state index contributed by atoms with van der Waals surface area (Å²) in [5, 5.41) is 6.25. The number of likely N-dealkylation sites (N-methyl/N-ethyl adjacent to an activating group) is 1. The van der Waals surface area contributed by atoms with Crippen LogP contribution in [0.2, 0.25) is 0 Å². The standard InChI is InChI=1S/C13H22BrN5O/c1-4-7-15-12-11(14)13(18-9-17-12)16-8-10(20)19(5-2)6-3/h9H,4-8H2,1-3H3,(H2,15,16,17,18). The molecule has 0 spiro atoms. The Bertz CT molecular complexity index is 437. The van der Waals surface area contributed by atoms with Crippen LogP contribution in [0.3, 0.4) is 0 Å². The summed E-state index contributed by atoms with van der Waals surface area (Å²) in [6.07, 6.45) is 2.49. The minimum atomic E-state index is 0.0589. The number of hydrogen-bond acceptors (Lipinski definition) is 5. The molecule has 0 saturated heterocycles. The summed E-state index contributed by atoms with van der Waals surface area (Å²) < 4.78 is 0.751. The Balaban J connectivity index is 2.66. The minimum absolute atomic E-state index is 0.0589. The molecule has 0 saturated carbocycles. The van der Waals surface area contributed by atoms with Crippen LogP contribution in [0, 0.1) is 0 Å². The molecule has 1 rings (SSSR count). The van der Waals surface area contributed by atoms with Crippen molar-refractivity contribution in [1.82, 2.24) is 14.9 Å². The number of nitrogens with one attached hydrogen (secondary N) is 2. The van der Waals surface area contributed by atoms with Crippen LogP contribution in [-0.4, -0.2) is 47.0 Å². The highest BCUT2D eigenvalue weighted by molar-refractivity contribution is 9.10. The topological polar surface area (TPSA) is 70.1 Å². The Morgan fingerprint density at radius 1 is 1.20 bits per heavy atom. The first-order valence-corrected chi connectivity index (χ1v) is 7.69. The molecule has 1 aromatic rings. The van der Waals surface area contributed by atoms with E-state index in [2.05, 4.69) is 43.5 Å². The summed E-state index contributed by atoms with van der Waals surface area (Å²) in [5.41, 5.74) is 0. The zero-order chi connectivity index (χ0) is 15.0. The van der Waals surface area contributed by atoms with Crippen molar-refractivity contribution in [3.8, 4) is 0 Å². The maximum atomic E-state index is 11.9. The largest absolute Gasteiger partial charge is 0.369 e. The van der Waals surface area contributed by atoms with Crippen LogP contribution in [0.5, 0.6) is 0 Å². The fraction of sp³-hybridized carbons (Fsp3) is 0.615. The van der Waals surface area contributed by atoms with Crippen LogP contribution in [0.25, 0.3) is 0 Å². The predicted octanol–water partition coefficient (Wildman–Crippen LogP) is 2.34. The molecule has 0 aliphatic rings. The molecular weight excluding hydrogens is 322 g/mol. The number of carbonyl (C=O) groups is 1. The number of carbonyl (C=O) groups excluding carboxylic acids is 1. The normalized spacial score (nSPS) is 10.2. The Labute approximate surface area is 128 Å². The van der Waals surface area contributed by atoms with Crippen molar-refractivity contribution >= 4 is 33.5 Å². The van der Waals surface area contributed by atoms with E-state index >= 15 is 0 Å². The van der Waals surface area contributed by atoms with Gasteiger partial charge in [-0.1, -0.05) is 6.92 Å². The summed E-state index contributed by atoms with van der Waals surface area (Å²) in [6, 6.07) is 0. The third-order valence-corrected chi connectivity index (χ3v) is 3.61. The maximum absolute atomic E-state index is 11.9. The average molecular weight is 344 g/mol. The maximum Gasteiger partial charge on any atom is 0.241 e. The first kappa shape index (κ1) is 16.7. The van der Waals surface area contributed by atoms with Crippen molar-refractivity contribution in [2.24, 2.45) is 0 Å². The second-order valence-electron chi connectivity index (χ2n) is 4.23. The lowest BCUT2D eigenvalue weighted by atomic mass is 10.4. The van der Waals surface area contributed by atoms with Crippen molar-refractivity contribution in [2.75, 3.05) is 36.8 Å². The summed E-state index contributed by atoms with van der Waals surface area (Å²) in [6.45, 7) is 8.52. The molecule has 7 heteroatoms. The van der Waals surface area contributed by atoms with E-state index in [1.807, 2.05) is 13.8 Å². The van der Waals surface area contributed by atoms with Gasteiger partial charge in [-0.2, -0.15) is 0 Å². The van der Waals surface area contributed by atoms with Crippen LogP contribution < -0.4 is 10.6 Å². The quantitative estimate of drug-likeness (QED) is 0.758. The molecule has 0 bridgehead atoms. The molecule has 0 fully saturated rings. The van der Waals surface area contributed by atoms with E-state index < -0.39 is 0 Å². The van der Waals surface area contributed by atoms with Gasteiger partial charge in [0.25, 0.3) is 0 Å². The molecule has 112 valence electrons. The van der Waals surface area contributed by atoms with Gasteiger partial charge in [0, 0.05) is 19.6 Å². The zero-order valence-electron chi connectivity index (χ0n) is 12.2. The number of halogens is 1. The van der Waals surface area contributed by atoms with Gasteiger partial charge in [0.05, 0.1) is 6.54 Å². The van der Waals surface area contributed by atoms with Crippen molar-refractivity contribution in [3.63, 3.8) is 0 Å². The van der Waals surface area contributed by atoms with Gasteiger partial charge in [0.15, 0.2) is 0 Å². The highest BCUT2D eigenvalue weighted by Gasteiger charge is 2.12. The predicted molar refractivity (Wildman–Crippen MR) is 84.9 cm³/mol. The summed E-state index contributed by atoms with van der Waals surface area (Å²) in [7, 11) is 0. The Hall–Kier alpha value is -1.37. The van der Waals surface area contributed by atoms with E-state index in [1.165, 1.54) is 6.33 Å². The van der Waals surface area contributed by atoms with Crippen LogP contribution in [0.4, 0.5) is 11.6 Å². The van der Waals surface area contributed by atoms with Gasteiger partial charge < -0.3 is 15.5 Å². The number of aromatic nitrogens is 2. The Morgan fingerprint density at radius 2 is 1.80 bits per heavy atom. The summed E-state index contributed by atoms with van der Waals surface area (Å²) in [5.74, 6) is 1.42. The molecule has 1 heterocycles. The molecule has 2 N–H and O–H groups in total. The molecule has 0 atom stereocenters. The number of rotatable bonds is 8. The number of hydrogen-bond donors (Lipinski definition) is 2. The van der Waals surface area contributed by atoms with E-state index in [9.17, 15) is 4.79 Å².